The summed E-state index contributed by atoms with van der Waals surface area (Å²) in [5, 5.41) is 19.2. The number of rotatable bonds is 6. The number of carboxylic acid groups (broad SMARTS) is 1. The second kappa shape index (κ2) is 16.1. The number of aliphatic carboxylic acids is 1. The Morgan fingerprint density at radius 2 is 1.02 bits per heavy atom. The maximum absolute atomic E-state index is 11.9. The van der Waals surface area contributed by atoms with E-state index >= 15 is 0 Å². The molecule has 4 fully saturated rings. The molecule has 4 amide bonds. The third kappa shape index (κ3) is 11.4. The number of Topliss-reactive ketones (excluding diaryl/α,β-unsaturated/α-hetero) is 2. The molecular formula is C28H44N4O8. The van der Waals surface area contributed by atoms with Crippen molar-refractivity contribution in [2.45, 2.75) is 122 Å². The van der Waals surface area contributed by atoms with Crippen molar-refractivity contribution in [3.05, 3.63) is 0 Å². The predicted molar refractivity (Wildman–Crippen MR) is 145 cm³/mol. The lowest BCUT2D eigenvalue weighted by molar-refractivity contribution is -0.140. The fourth-order valence-electron chi connectivity index (χ4n) is 5.49. The van der Waals surface area contributed by atoms with Crippen LogP contribution >= 0.6 is 0 Å². The van der Waals surface area contributed by atoms with E-state index in [1.807, 2.05) is 0 Å². The lowest BCUT2D eigenvalue weighted by Gasteiger charge is -2.28. The number of amides is 4. The molecule has 12 heteroatoms. The van der Waals surface area contributed by atoms with Crippen LogP contribution in [0.25, 0.3) is 0 Å². The molecule has 2 heterocycles. The summed E-state index contributed by atoms with van der Waals surface area (Å²) in [6, 6.07) is -0.542. The second-order valence-corrected chi connectivity index (χ2v) is 11.2. The van der Waals surface area contributed by atoms with Gasteiger partial charge in [-0.05, 0) is 78.1 Å². The van der Waals surface area contributed by atoms with E-state index in [0.29, 0.717) is 37.5 Å². The van der Waals surface area contributed by atoms with Crippen LogP contribution in [0.1, 0.15) is 97.8 Å². The molecule has 5 N–H and O–H groups in total. The molecule has 2 unspecified atom stereocenters. The SMILES string of the molecule is CC(=O)C1CCC(NC(=O)C2CCC(=O)N2)CC1.CC(=O)NC1CCC(C(C)=O)CC1.O=C1CCC(C(=O)O)N1. The van der Waals surface area contributed by atoms with Crippen molar-refractivity contribution in [3.8, 4) is 0 Å². The zero-order valence-corrected chi connectivity index (χ0v) is 23.8. The van der Waals surface area contributed by atoms with Gasteiger partial charge < -0.3 is 26.4 Å². The molecule has 2 saturated heterocycles. The zero-order valence-electron chi connectivity index (χ0n) is 23.8. The molecule has 12 nitrogen and oxygen atoms in total. The lowest BCUT2D eigenvalue weighted by Crippen LogP contribution is -2.47. The molecule has 40 heavy (non-hydrogen) atoms. The van der Waals surface area contributed by atoms with Crippen LogP contribution in [0, 0.1) is 11.8 Å². The lowest BCUT2D eigenvalue weighted by atomic mass is 9.84. The Morgan fingerprint density at radius 1 is 0.625 bits per heavy atom. The molecular weight excluding hydrogens is 520 g/mol. The summed E-state index contributed by atoms with van der Waals surface area (Å²) < 4.78 is 0. The summed E-state index contributed by atoms with van der Waals surface area (Å²) >= 11 is 0. The molecule has 2 aliphatic heterocycles. The highest BCUT2D eigenvalue weighted by Gasteiger charge is 2.31. The molecule has 2 atom stereocenters. The average molecular weight is 565 g/mol. The Balaban J connectivity index is 0.000000224. The highest BCUT2D eigenvalue weighted by Crippen LogP contribution is 2.26. The summed E-state index contributed by atoms with van der Waals surface area (Å²) in [7, 11) is 0. The summed E-state index contributed by atoms with van der Waals surface area (Å²) in [6.07, 6.45) is 8.99. The third-order valence-corrected chi connectivity index (χ3v) is 7.96. The number of hydrogen-bond acceptors (Lipinski definition) is 7. The number of nitrogens with one attached hydrogen (secondary N) is 4. The van der Waals surface area contributed by atoms with E-state index in [4.69, 9.17) is 5.11 Å². The van der Waals surface area contributed by atoms with Gasteiger partial charge in [0.2, 0.25) is 23.6 Å². The van der Waals surface area contributed by atoms with Crippen molar-refractivity contribution >= 4 is 41.2 Å². The molecule has 0 aromatic carbocycles. The first-order valence-corrected chi connectivity index (χ1v) is 14.3. The van der Waals surface area contributed by atoms with Gasteiger partial charge in [-0.3, -0.25) is 28.8 Å². The smallest absolute Gasteiger partial charge is 0.326 e. The minimum absolute atomic E-state index is 0.0336. The van der Waals surface area contributed by atoms with Gasteiger partial charge in [0.1, 0.15) is 23.7 Å². The van der Waals surface area contributed by atoms with Crippen LogP contribution < -0.4 is 21.3 Å². The molecule has 2 aliphatic carbocycles. The summed E-state index contributed by atoms with van der Waals surface area (Å²) in [6.45, 7) is 4.83. The van der Waals surface area contributed by atoms with E-state index in [1.165, 1.54) is 6.92 Å². The summed E-state index contributed by atoms with van der Waals surface area (Å²) in [5.41, 5.74) is 0. The maximum Gasteiger partial charge on any atom is 0.326 e. The third-order valence-electron chi connectivity index (χ3n) is 7.96. The minimum Gasteiger partial charge on any atom is -0.480 e. The van der Waals surface area contributed by atoms with Crippen LogP contribution in [-0.4, -0.2) is 70.4 Å². The number of carboxylic acids is 1. The fraction of sp³-hybridized carbons (Fsp3) is 0.750. The second-order valence-electron chi connectivity index (χ2n) is 11.2. The van der Waals surface area contributed by atoms with Crippen LogP contribution in [0.5, 0.6) is 0 Å². The van der Waals surface area contributed by atoms with Crippen molar-refractivity contribution in [2.24, 2.45) is 11.8 Å². The van der Waals surface area contributed by atoms with Crippen LogP contribution in [0.2, 0.25) is 0 Å². The Bertz CT molecular complexity index is 952. The predicted octanol–water partition coefficient (Wildman–Crippen LogP) is 1.15. The molecule has 0 aromatic heterocycles. The molecule has 4 aliphatic rings. The normalized spacial score (nSPS) is 29.3. The Morgan fingerprint density at radius 3 is 1.32 bits per heavy atom. The number of carbonyl (C=O) groups is 7. The van der Waals surface area contributed by atoms with Gasteiger partial charge in [0, 0.05) is 43.7 Å². The maximum atomic E-state index is 11.9. The first-order valence-electron chi connectivity index (χ1n) is 14.3. The van der Waals surface area contributed by atoms with Crippen molar-refractivity contribution in [2.75, 3.05) is 0 Å². The largest absolute Gasteiger partial charge is 0.480 e. The fourth-order valence-corrected chi connectivity index (χ4v) is 5.49. The van der Waals surface area contributed by atoms with Crippen molar-refractivity contribution < 1.29 is 38.7 Å². The molecule has 0 aromatic rings. The van der Waals surface area contributed by atoms with Crippen LogP contribution in [0.15, 0.2) is 0 Å². The molecule has 4 rings (SSSR count). The van der Waals surface area contributed by atoms with E-state index < -0.39 is 12.0 Å². The number of ketones is 2. The van der Waals surface area contributed by atoms with Crippen LogP contribution in [-0.2, 0) is 33.6 Å². The van der Waals surface area contributed by atoms with Gasteiger partial charge in [0.05, 0.1) is 0 Å². The highest BCUT2D eigenvalue weighted by atomic mass is 16.4. The van der Waals surface area contributed by atoms with Gasteiger partial charge in [-0.25, -0.2) is 4.79 Å². The average Bonchev–Trinajstić information content (AvgIpc) is 3.53. The molecule has 0 bridgehead atoms. The summed E-state index contributed by atoms with van der Waals surface area (Å²) in [4.78, 5) is 76.5. The molecule has 0 spiro atoms. The first-order chi connectivity index (χ1) is 18.8. The molecule has 0 radical (unpaired) electrons. The van der Waals surface area contributed by atoms with E-state index in [2.05, 4.69) is 21.3 Å². The number of hydrogen-bond donors (Lipinski definition) is 5. The van der Waals surface area contributed by atoms with E-state index in [9.17, 15) is 33.6 Å². The zero-order chi connectivity index (χ0) is 29.8. The van der Waals surface area contributed by atoms with Gasteiger partial charge in [-0.2, -0.15) is 0 Å². The topological polar surface area (TPSA) is 188 Å². The van der Waals surface area contributed by atoms with Crippen molar-refractivity contribution in [1.29, 1.82) is 0 Å². The highest BCUT2D eigenvalue weighted by molar-refractivity contribution is 5.91. The quantitative estimate of drug-likeness (QED) is 0.318. The summed E-state index contributed by atoms with van der Waals surface area (Å²) in [5.74, 6) is -0.240. The van der Waals surface area contributed by atoms with E-state index in [1.54, 1.807) is 13.8 Å². The monoisotopic (exact) mass is 564 g/mol. The van der Waals surface area contributed by atoms with E-state index in [-0.39, 0.29) is 53.3 Å². The van der Waals surface area contributed by atoms with Crippen molar-refractivity contribution in [1.82, 2.24) is 21.3 Å². The first kappa shape index (κ1) is 32.9. The Labute approximate surface area is 235 Å². The van der Waals surface area contributed by atoms with Gasteiger partial charge in [-0.15, -0.1) is 0 Å². The standard InChI is InChI=1S/C13H20N2O3.C10H17NO2.C5H7NO3/c1-8(16)9-2-4-10(5-3-9)14-13(18)11-6-7-12(17)15-11;1-7(12)9-3-5-10(6-4-9)11-8(2)13;7-4-2-1-3(6-4)5(8)9/h9-11H,2-7H2,1H3,(H,14,18)(H,15,17);9-10H,3-6H2,1-2H3,(H,11,13);3H,1-2H2,(H,6,7)(H,8,9). The van der Waals surface area contributed by atoms with Gasteiger partial charge >= 0.3 is 5.97 Å². The number of carbonyl (C=O) groups excluding carboxylic acids is 6. The Hall–Kier alpha value is -3.31. The van der Waals surface area contributed by atoms with Crippen molar-refractivity contribution in [3.63, 3.8) is 0 Å². The van der Waals surface area contributed by atoms with Crippen LogP contribution in [0.4, 0.5) is 0 Å². The van der Waals surface area contributed by atoms with Gasteiger partial charge in [0.15, 0.2) is 0 Å². The van der Waals surface area contributed by atoms with Gasteiger partial charge in [0.25, 0.3) is 0 Å². The van der Waals surface area contributed by atoms with E-state index in [0.717, 1.165) is 51.4 Å². The van der Waals surface area contributed by atoms with Crippen LogP contribution in [0.3, 0.4) is 0 Å². The molecule has 2 saturated carbocycles. The Kier molecular flexibility index (Phi) is 13.2. The minimum atomic E-state index is -0.944. The molecule has 224 valence electrons. The van der Waals surface area contributed by atoms with Gasteiger partial charge in [-0.1, -0.05) is 0 Å².